The summed E-state index contributed by atoms with van der Waals surface area (Å²) in [6, 6.07) is 14.6. The van der Waals surface area contributed by atoms with Crippen molar-refractivity contribution in [1.29, 1.82) is 0 Å². The van der Waals surface area contributed by atoms with Crippen LogP contribution in [0.3, 0.4) is 0 Å². The van der Waals surface area contributed by atoms with E-state index in [1.807, 2.05) is 18.2 Å². The third-order valence-corrected chi connectivity index (χ3v) is 5.29. The Morgan fingerprint density at radius 3 is 2.12 bits per heavy atom. The van der Waals surface area contributed by atoms with E-state index in [1.54, 1.807) is 14.2 Å². The lowest BCUT2D eigenvalue weighted by atomic mass is 10.1. The van der Waals surface area contributed by atoms with Crippen LogP contribution < -0.4 is 9.47 Å². The number of nitrogens with zero attached hydrogens (tertiary/aromatic N) is 2. The van der Waals surface area contributed by atoms with Gasteiger partial charge >= 0.3 is 0 Å². The normalized spacial score (nSPS) is 16.0. The van der Waals surface area contributed by atoms with Gasteiger partial charge in [-0.15, -0.1) is 0 Å². The maximum atomic E-state index is 5.47. The van der Waals surface area contributed by atoms with Crippen LogP contribution in [-0.4, -0.2) is 50.2 Å². The summed E-state index contributed by atoms with van der Waals surface area (Å²) in [5.74, 6) is 1.86. The van der Waals surface area contributed by atoms with Crippen LogP contribution in [0.2, 0.25) is 0 Å². The fourth-order valence-electron chi connectivity index (χ4n) is 3.25. The lowest BCUT2D eigenvalue weighted by Crippen LogP contribution is -2.45. The Balaban J connectivity index is 1.52. The molecule has 25 heavy (non-hydrogen) atoms. The fourth-order valence-corrected chi connectivity index (χ4v) is 3.83. The maximum absolute atomic E-state index is 5.47. The van der Waals surface area contributed by atoms with Gasteiger partial charge in [0.05, 0.1) is 18.7 Å². The van der Waals surface area contributed by atoms with Crippen LogP contribution in [0.1, 0.15) is 11.1 Å². The molecule has 2 aromatic rings. The van der Waals surface area contributed by atoms with Crippen molar-refractivity contribution >= 4 is 15.9 Å². The SMILES string of the molecule is COc1ccc(CN2CCN(Cc3ccccc3OC)CC2)cc1Br. The number of rotatable bonds is 6. The van der Waals surface area contributed by atoms with Gasteiger partial charge in [-0.1, -0.05) is 24.3 Å². The molecule has 4 nitrogen and oxygen atoms in total. The van der Waals surface area contributed by atoms with E-state index in [4.69, 9.17) is 9.47 Å². The van der Waals surface area contributed by atoms with Crippen molar-refractivity contribution in [3.8, 4) is 11.5 Å². The molecule has 2 aromatic carbocycles. The largest absolute Gasteiger partial charge is 0.496 e. The quantitative estimate of drug-likeness (QED) is 0.730. The summed E-state index contributed by atoms with van der Waals surface area (Å²) in [5, 5.41) is 0. The topological polar surface area (TPSA) is 24.9 Å². The fraction of sp³-hybridized carbons (Fsp3) is 0.400. The number of piperazine rings is 1. The number of halogens is 1. The van der Waals surface area contributed by atoms with E-state index in [-0.39, 0.29) is 0 Å². The molecule has 5 heteroatoms. The van der Waals surface area contributed by atoms with Gasteiger partial charge in [0.25, 0.3) is 0 Å². The number of benzene rings is 2. The molecule has 1 fully saturated rings. The summed E-state index contributed by atoms with van der Waals surface area (Å²) in [4.78, 5) is 5.01. The molecule has 0 spiro atoms. The first kappa shape index (κ1) is 18.2. The van der Waals surface area contributed by atoms with Crippen LogP contribution in [0.4, 0.5) is 0 Å². The van der Waals surface area contributed by atoms with Crippen LogP contribution in [0, 0.1) is 0 Å². The Labute approximate surface area is 158 Å². The molecule has 1 aliphatic rings. The van der Waals surface area contributed by atoms with Gasteiger partial charge in [-0.3, -0.25) is 9.80 Å². The summed E-state index contributed by atoms with van der Waals surface area (Å²) in [6.45, 7) is 6.25. The molecule has 1 saturated heterocycles. The smallest absolute Gasteiger partial charge is 0.133 e. The van der Waals surface area contributed by atoms with E-state index in [0.29, 0.717) is 0 Å². The number of ether oxygens (including phenoxy) is 2. The highest BCUT2D eigenvalue weighted by molar-refractivity contribution is 9.10. The zero-order chi connectivity index (χ0) is 17.6. The first-order chi connectivity index (χ1) is 12.2. The van der Waals surface area contributed by atoms with E-state index in [2.05, 4.69) is 50.0 Å². The van der Waals surface area contributed by atoms with Gasteiger partial charge in [0.1, 0.15) is 11.5 Å². The van der Waals surface area contributed by atoms with Gasteiger partial charge < -0.3 is 9.47 Å². The number of methoxy groups -OCH3 is 2. The second-order valence-corrected chi connectivity index (χ2v) is 7.19. The van der Waals surface area contributed by atoms with E-state index >= 15 is 0 Å². The van der Waals surface area contributed by atoms with Gasteiger partial charge in [0, 0.05) is 44.8 Å². The highest BCUT2D eigenvalue weighted by atomic mass is 79.9. The summed E-state index contributed by atoms with van der Waals surface area (Å²) >= 11 is 3.57. The van der Waals surface area contributed by atoms with Crippen molar-refractivity contribution in [2.75, 3.05) is 40.4 Å². The van der Waals surface area contributed by atoms with Crippen molar-refractivity contribution in [1.82, 2.24) is 9.80 Å². The Morgan fingerprint density at radius 2 is 1.48 bits per heavy atom. The van der Waals surface area contributed by atoms with Crippen molar-refractivity contribution in [3.05, 3.63) is 58.1 Å². The number of hydrogen-bond donors (Lipinski definition) is 0. The van der Waals surface area contributed by atoms with E-state index in [9.17, 15) is 0 Å². The van der Waals surface area contributed by atoms with Crippen LogP contribution in [0.15, 0.2) is 46.9 Å². The Kier molecular flexibility index (Phi) is 6.34. The molecule has 0 N–H and O–H groups in total. The molecule has 3 rings (SSSR count). The van der Waals surface area contributed by atoms with Crippen LogP contribution >= 0.6 is 15.9 Å². The summed E-state index contributed by atoms with van der Waals surface area (Å²) in [7, 11) is 3.43. The molecule has 134 valence electrons. The zero-order valence-corrected chi connectivity index (χ0v) is 16.5. The second-order valence-electron chi connectivity index (χ2n) is 6.33. The van der Waals surface area contributed by atoms with Gasteiger partial charge in [0.15, 0.2) is 0 Å². The van der Waals surface area contributed by atoms with Crippen LogP contribution in [-0.2, 0) is 13.1 Å². The van der Waals surface area contributed by atoms with Gasteiger partial charge in [-0.25, -0.2) is 0 Å². The molecule has 0 bridgehead atoms. The molecule has 1 heterocycles. The second kappa shape index (κ2) is 8.70. The first-order valence-corrected chi connectivity index (χ1v) is 9.38. The highest BCUT2D eigenvalue weighted by Gasteiger charge is 2.18. The third kappa shape index (κ3) is 4.75. The van der Waals surface area contributed by atoms with E-state index in [1.165, 1.54) is 11.1 Å². The highest BCUT2D eigenvalue weighted by Crippen LogP contribution is 2.26. The minimum atomic E-state index is 0.880. The lowest BCUT2D eigenvalue weighted by Gasteiger charge is -2.35. The minimum absolute atomic E-state index is 0.880. The summed E-state index contributed by atoms with van der Waals surface area (Å²) in [5.41, 5.74) is 2.57. The van der Waals surface area contributed by atoms with Crippen LogP contribution in [0.25, 0.3) is 0 Å². The molecular formula is C20H25BrN2O2. The van der Waals surface area contributed by atoms with Crippen molar-refractivity contribution in [2.45, 2.75) is 13.1 Å². The molecule has 0 saturated carbocycles. The molecule has 0 radical (unpaired) electrons. The molecule has 0 aromatic heterocycles. The third-order valence-electron chi connectivity index (χ3n) is 4.67. The lowest BCUT2D eigenvalue weighted by molar-refractivity contribution is 0.121. The maximum Gasteiger partial charge on any atom is 0.133 e. The predicted molar refractivity (Wildman–Crippen MR) is 104 cm³/mol. The summed E-state index contributed by atoms with van der Waals surface area (Å²) < 4.78 is 11.8. The van der Waals surface area contributed by atoms with Gasteiger partial charge in [0.2, 0.25) is 0 Å². The summed E-state index contributed by atoms with van der Waals surface area (Å²) in [6.07, 6.45) is 0. The molecule has 1 aliphatic heterocycles. The van der Waals surface area contributed by atoms with Crippen molar-refractivity contribution < 1.29 is 9.47 Å². The Hall–Kier alpha value is -1.56. The number of para-hydroxylation sites is 1. The molecule has 0 atom stereocenters. The van der Waals surface area contributed by atoms with Gasteiger partial charge in [-0.2, -0.15) is 0 Å². The Morgan fingerprint density at radius 1 is 0.840 bits per heavy atom. The average molecular weight is 405 g/mol. The first-order valence-electron chi connectivity index (χ1n) is 8.58. The molecule has 0 amide bonds. The standard InChI is InChI=1S/C20H25BrN2O2/c1-24-19-6-4-3-5-17(19)15-23-11-9-22(10-12-23)14-16-7-8-20(25-2)18(21)13-16/h3-8,13H,9-12,14-15H2,1-2H3. The average Bonchev–Trinajstić information content (AvgIpc) is 2.64. The number of hydrogen-bond acceptors (Lipinski definition) is 4. The zero-order valence-electron chi connectivity index (χ0n) is 14.9. The van der Waals surface area contributed by atoms with E-state index in [0.717, 1.165) is 55.2 Å². The van der Waals surface area contributed by atoms with Crippen molar-refractivity contribution in [2.24, 2.45) is 0 Å². The Bertz CT molecular complexity index is 700. The van der Waals surface area contributed by atoms with Crippen LogP contribution in [0.5, 0.6) is 11.5 Å². The minimum Gasteiger partial charge on any atom is -0.496 e. The van der Waals surface area contributed by atoms with E-state index < -0.39 is 0 Å². The monoisotopic (exact) mass is 404 g/mol. The molecule has 0 aliphatic carbocycles. The van der Waals surface area contributed by atoms with Crippen molar-refractivity contribution in [3.63, 3.8) is 0 Å². The molecular weight excluding hydrogens is 380 g/mol. The predicted octanol–water partition coefficient (Wildman–Crippen LogP) is 3.78. The molecule has 0 unspecified atom stereocenters. The van der Waals surface area contributed by atoms with Gasteiger partial charge in [-0.05, 0) is 39.7 Å².